The quantitative estimate of drug-likeness (QED) is 0.459. The van der Waals surface area contributed by atoms with Gasteiger partial charge in [0.1, 0.15) is 0 Å². The molecule has 0 saturated carbocycles. The van der Waals surface area contributed by atoms with Gasteiger partial charge in [-0.05, 0) is 5.41 Å². The highest BCUT2D eigenvalue weighted by Crippen LogP contribution is 2.22. The second-order valence-electron chi connectivity index (χ2n) is 3.87. The number of hydrogen-bond acceptors (Lipinski definition) is 0. The van der Waals surface area contributed by atoms with Crippen LogP contribution in [0.15, 0.2) is 0 Å². The van der Waals surface area contributed by atoms with Gasteiger partial charge in [0.15, 0.2) is 0 Å². The van der Waals surface area contributed by atoms with Crippen LogP contribution < -0.4 is 0 Å². The minimum absolute atomic E-state index is 0.459. The first kappa shape index (κ1) is 8.00. The summed E-state index contributed by atoms with van der Waals surface area (Å²) in [6.45, 7) is 12.8. The number of rotatable bonds is 1. The highest BCUT2D eigenvalue weighted by atomic mass is 14.2. The Kier molecular flexibility index (Phi) is 2.52. The van der Waals surface area contributed by atoms with Crippen molar-refractivity contribution in [1.29, 1.82) is 0 Å². The molecule has 1 unspecified atom stereocenters. The van der Waals surface area contributed by atoms with E-state index < -0.39 is 0 Å². The molecule has 0 aliphatic carbocycles. The third-order valence-electron chi connectivity index (χ3n) is 0.961. The van der Waals surface area contributed by atoms with Crippen molar-refractivity contribution < 1.29 is 0 Å². The predicted molar refractivity (Wildman–Crippen MR) is 38.6 cm³/mol. The molecule has 0 radical (unpaired) electrons. The topological polar surface area (TPSA) is 0 Å². The van der Waals surface area contributed by atoms with Crippen molar-refractivity contribution in [1.82, 2.24) is 0 Å². The fraction of sp³-hybridized carbons (Fsp3) is 0.875. The third kappa shape index (κ3) is 6.00. The highest BCUT2D eigenvalue weighted by Gasteiger charge is 2.08. The van der Waals surface area contributed by atoms with E-state index >= 15 is 0 Å². The van der Waals surface area contributed by atoms with Crippen molar-refractivity contribution >= 4 is 0 Å². The Morgan fingerprint density at radius 2 is 1.75 bits per heavy atom. The van der Waals surface area contributed by atoms with Crippen LogP contribution in [0, 0.1) is 18.3 Å². The second-order valence-corrected chi connectivity index (χ2v) is 3.87. The Bertz CT molecular complexity index is 54.9. The molecule has 0 heterocycles. The van der Waals surface area contributed by atoms with Gasteiger partial charge in [0.05, 0.1) is 0 Å². The lowest BCUT2D eigenvalue weighted by atomic mass is 9.86. The summed E-state index contributed by atoms with van der Waals surface area (Å²) < 4.78 is 0. The summed E-state index contributed by atoms with van der Waals surface area (Å²) in [4.78, 5) is 0. The molecule has 0 N–H and O–H groups in total. The van der Waals surface area contributed by atoms with E-state index in [9.17, 15) is 0 Å². The van der Waals surface area contributed by atoms with E-state index in [1.54, 1.807) is 0 Å². The van der Waals surface area contributed by atoms with E-state index in [1.165, 1.54) is 6.42 Å². The zero-order valence-corrected chi connectivity index (χ0v) is 6.49. The van der Waals surface area contributed by atoms with E-state index in [0.717, 1.165) is 0 Å². The van der Waals surface area contributed by atoms with Crippen LogP contribution in [-0.2, 0) is 0 Å². The number of hydrogen-bond donors (Lipinski definition) is 0. The predicted octanol–water partition coefficient (Wildman–Crippen LogP) is 2.89. The molecule has 0 spiro atoms. The molecule has 1 atom stereocenters. The third-order valence-corrected chi connectivity index (χ3v) is 0.961. The Hall–Kier alpha value is 0. The largest absolute Gasteiger partial charge is 0.341 e. The van der Waals surface area contributed by atoms with Gasteiger partial charge in [0.2, 0.25) is 0 Å². The summed E-state index contributed by atoms with van der Waals surface area (Å²) in [7, 11) is 0. The van der Waals surface area contributed by atoms with Crippen LogP contribution in [0.1, 0.15) is 34.1 Å². The molecule has 0 bridgehead atoms. The summed E-state index contributed by atoms with van der Waals surface area (Å²) >= 11 is 0. The Morgan fingerprint density at radius 3 is 1.75 bits per heavy atom. The maximum Gasteiger partial charge on any atom is -0.0405 e. The molecule has 0 aromatic rings. The molecular formula is C8H17-. The second kappa shape index (κ2) is 2.52. The Balaban J connectivity index is 3.39. The monoisotopic (exact) mass is 113 g/mol. The average Bonchev–Trinajstić information content (AvgIpc) is 1.21. The molecule has 0 saturated heterocycles. The van der Waals surface area contributed by atoms with Crippen molar-refractivity contribution in [2.45, 2.75) is 34.1 Å². The Labute approximate surface area is 53.3 Å². The average molecular weight is 113 g/mol. The van der Waals surface area contributed by atoms with Crippen molar-refractivity contribution in [3.63, 3.8) is 0 Å². The van der Waals surface area contributed by atoms with Crippen LogP contribution in [0.5, 0.6) is 0 Å². The molecule has 0 aromatic heterocycles. The van der Waals surface area contributed by atoms with E-state index in [4.69, 9.17) is 0 Å². The van der Waals surface area contributed by atoms with E-state index in [0.29, 0.717) is 11.3 Å². The van der Waals surface area contributed by atoms with Crippen LogP contribution in [0.25, 0.3) is 0 Å². The zero-order chi connectivity index (χ0) is 6.78. The zero-order valence-electron chi connectivity index (χ0n) is 6.49. The van der Waals surface area contributed by atoms with Gasteiger partial charge < -0.3 is 6.92 Å². The molecule has 0 fully saturated rings. The molecule has 0 rings (SSSR count). The molecule has 0 amide bonds. The van der Waals surface area contributed by atoms with Crippen molar-refractivity contribution in [3.05, 3.63) is 6.92 Å². The van der Waals surface area contributed by atoms with Crippen molar-refractivity contribution in [3.8, 4) is 0 Å². The normalized spacial score (nSPS) is 16.1. The molecule has 0 aromatic carbocycles. The maximum absolute atomic E-state index is 3.92. The van der Waals surface area contributed by atoms with E-state index in [1.807, 2.05) is 0 Å². The summed E-state index contributed by atoms with van der Waals surface area (Å²) in [5, 5.41) is 0. The first-order valence-electron chi connectivity index (χ1n) is 3.25. The van der Waals surface area contributed by atoms with Gasteiger partial charge >= 0.3 is 0 Å². The molecule has 8 heavy (non-hydrogen) atoms. The maximum atomic E-state index is 3.92. The van der Waals surface area contributed by atoms with Crippen molar-refractivity contribution in [2.75, 3.05) is 0 Å². The lowest BCUT2D eigenvalue weighted by Gasteiger charge is -2.23. The smallest absolute Gasteiger partial charge is 0.0405 e. The lowest BCUT2D eigenvalue weighted by Crippen LogP contribution is -2.08. The lowest BCUT2D eigenvalue weighted by molar-refractivity contribution is 0.335. The fourth-order valence-corrected chi connectivity index (χ4v) is 1.05. The van der Waals surface area contributed by atoms with Crippen LogP contribution in [0.2, 0.25) is 0 Å². The highest BCUT2D eigenvalue weighted by molar-refractivity contribution is 4.66. The molecule has 0 aliphatic rings. The molecule has 0 aliphatic heterocycles. The minimum Gasteiger partial charge on any atom is -0.341 e. The van der Waals surface area contributed by atoms with E-state index in [-0.39, 0.29) is 0 Å². The van der Waals surface area contributed by atoms with Gasteiger partial charge in [0.25, 0.3) is 0 Å². The van der Waals surface area contributed by atoms with Crippen molar-refractivity contribution in [2.24, 2.45) is 11.3 Å². The van der Waals surface area contributed by atoms with Crippen LogP contribution in [-0.4, -0.2) is 0 Å². The SMILES string of the molecule is [CH2-]C(C)CC(C)(C)C. The summed E-state index contributed by atoms with van der Waals surface area (Å²) in [5.41, 5.74) is 0.459. The van der Waals surface area contributed by atoms with E-state index in [2.05, 4.69) is 34.6 Å². The van der Waals surface area contributed by atoms with Gasteiger partial charge in [-0.2, -0.15) is 5.92 Å². The van der Waals surface area contributed by atoms with Crippen LogP contribution in [0.3, 0.4) is 0 Å². The minimum atomic E-state index is 0.459. The van der Waals surface area contributed by atoms with Gasteiger partial charge in [0, 0.05) is 0 Å². The van der Waals surface area contributed by atoms with Gasteiger partial charge in [-0.1, -0.05) is 34.1 Å². The first-order chi connectivity index (χ1) is 3.42. The Morgan fingerprint density at radius 1 is 1.38 bits per heavy atom. The summed E-state index contributed by atoms with van der Waals surface area (Å²) in [6, 6.07) is 0. The molecule has 0 heteroatoms. The fourth-order valence-electron chi connectivity index (χ4n) is 1.05. The molecule has 0 nitrogen and oxygen atoms in total. The van der Waals surface area contributed by atoms with Crippen LogP contribution in [0.4, 0.5) is 0 Å². The van der Waals surface area contributed by atoms with Gasteiger partial charge in [-0.3, -0.25) is 0 Å². The summed E-state index contributed by atoms with van der Waals surface area (Å²) in [5.74, 6) is 0.593. The van der Waals surface area contributed by atoms with Crippen LogP contribution >= 0.6 is 0 Å². The first-order valence-corrected chi connectivity index (χ1v) is 3.25. The van der Waals surface area contributed by atoms with Gasteiger partial charge in [-0.15, -0.1) is 0 Å². The standard InChI is InChI=1S/C8H17/c1-7(2)6-8(3,4)5/h7H,1,6H2,2-5H3/q-1. The molecule has 50 valence electrons. The molecular weight excluding hydrogens is 96.1 g/mol. The van der Waals surface area contributed by atoms with Gasteiger partial charge in [-0.25, -0.2) is 0 Å². The summed E-state index contributed by atoms with van der Waals surface area (Å²) in [6.07, 6.45) is 1.22.